The van der Waals surface area contributed by atoms with Gasteiger partial charge in [-0.25, -0.2) is 8.42 Å². The van der Waals surface area contributed by atoms with Crippen molar-refractivity contribution < 1.29 is 18.3 Å². The fourth-order valence-electron chi connectivity index (χ4n) is 1.96. The van der Waals surface area contributed by atoms with Crippen molar-refractivity contribution in [2.24, 2.45) is 0 Å². The lowest BCUT2D eigenvalue weighted by atomic mass is 10.2. The summed E-state index contributed by atoms with van der Waals surface area (Å²) >= 11 is 6.07. The van der Waals surface area contributed by atoms with Gasteiger partial charge in [0.2, 0.25) is 0 Å². The van der Waals surface area contributed by atoms with E-state index in [4.69, 9.17) is 16.7 Å². The Labute approximate surface area is 133 Å². The molecular formula is C15H14ClNO4S. The Morgan fingerprint density at radius 3 is 2.41 bits per heavy atom. The van der Waals surface area contributed by atoms with Gasteiger partial charge in [0.25, 0.3) is 10.0 Å². The number of nitrogens with zero attached hydrogens (tertiary/aromatic N) is 1. The normalized spacial score (nSPS) is 11.2. The molecule has 0 unspecified atom stereocenters. The summed E-state index contributed by atoms with van der Waals surface area (Å²) in [6, 6.07) is 12.5. The maximum Gasteiger partial charge on any atom is 0.324 e. The standard InChI is InChI=1S/C15H14ClNO4S/c1-11-7-8-13(16)14(9-11)17(10-15(18)19)22(20,21)12-5-3-2-4-6-12/h2-9H,10H2,1H3,(H,18,19). The largest absolute Gasteiger partial charge is 0.480 e. The number of halogens is 1. The molecule has 0 fully saturated rings. The van der Waals surface area contributed by atoms with Crippen molar-refractivity contribution in [1.29, 1.82) is 0 Å². The van der Waals surface area contributed by atoms with E-state index in [1.807, 2.05) is 0 Å². The topological polar surface area (TPSA) is 74.7 Å². The van der Waals surface area contributed by atoms with Crippen LogP contribution in [0.5, 0.6) is 0 Å². The third kappa shape index (κ3) is 3.40. The molecule has 116 valence electrons. The lowest BCUT2D eigenvalue weighted by molar-refractivity contribution is -0.135. The van der Waals surface area contributed by atoms with Crippen LogP contribution >= 0.6 is 11.6 Å². The Kier molecular flexibility index (Phi) is 4.73. The Bertz CT molecular complexity index is 790. The van der Waals surface area contributed by atoms with Crippen molar-refractivity contribution in [3.8, 4) is 0 Å². The van der Waals surface area contributed by atoms with Gasteiger partial charge in [-0.05, 0) is 36.8 Å². The molecule has 7 heteroatoms. The molecule has 1 N–H and O–H groups in total. The molecule has 0 heterocycles. The molecular weight excluding hydrogens is 326 g/mol. The zero-order chi connectivity index (χ0) is 16.3. The van der Waals surface area contributed by atoms with Crippen LogP contribution in [0.1, 0.15) is 5.56 Å². The molecule has 22 heavy (non-hydrogen) atoms. The first-order chi connectivity index (χ1) is 10.3. The minimum Gasteiger partial charge on any atom is -0.480 e. The molecule has 0 saturated heterocycles. The van der Waals surface area contributed by atoms with E-state index < -0.39 is 22.5 Å². The number of rotatable bonds is 5. The highest BCUT2D eigenvalue weighted by Crippen LogP contribution is 2.31. The predicted octanol–water partition coefficient (Wildman–Crippen LogP) is 2.93. The van der Waals surface area contributed by atoms with Gasteiger partial charge < -0.3 is 5.11 Å². The Hall–Kier alpha value is -2.05. The number of carboxylic acids is 1. The maximum absolute atomic E-state index is 12.7. The van der Waals surface area contributed by atoms with Crippen molar-refractivity contribution in [3.63, 3.8) is 0 Å². The summed E-state index contributed by atoms with van der Waals surface area (Å²) in [4.78, 5) is 11.1. The third-order valence-electron chi connectivity index (χ3n) is 2.98. The van der Waals surface area contributed by atoms with Gasteiger partial charge >= 0.3 is 5.97 Å². The van der Waals surface area contributed by atoms with E-state index in [9.17, 15) is 13.2 Å². The summed E-state index contributed by atoms with van der Waals surface area (Å²) < 4.78 is 26.3. The van der Waals surface area contributed by atoms with Crippen LogP contribution in [0, 0.1) is 6.92 Å². The Morgan fingerprint density at radius 2 is 1.82 bits per heavy atom. The molecule has 0 saturated carbocycles. The lowest BCUT2D eigenvalue weighted by Crippen LogP contribution is -2.36. The first-order valence-electron chi connectivity index (χ1n) is 6.38. The quantitative estimate of drug-likeness (QED) is 0.908. The number of carbonyl (C=O) groups is 1. The number of sulfonamides is 1. The highest BCUT2D eigenvalue weighted by molar-refractivity contribution is 7.92. The first kappa shape index (κ1) is 16.3. The molecule has 0 aliphatic rings. The highest BCUT2D eigenvalue weighted by Gasteiger charge is 2.28. The number of carboxylic acid groups (broad SMARTS) is 1. The van der Waals surface area contributed by atoms with Crippen LogP contribution in [0.15, 0.2) is 53.4 Å². The minimum atomic E-state index is -4.02. The van der Waals surface area contributed by atoms with Crippen LogP contribution in [0.25, 0.3) is 0 Å². The first-order valence-corrected chi connectivity index (χ1v) is 8.20. The second-order valence-corrected chi connectivity index (χ2v) is 6.94. The molecule has 0 aromatic heterocycles. The summed E-state index contributed by atoms with van der Waals surface area (Å²) in [6.07, 6.45) is 0. The molecule has 0 bridgehead atoms. The smallest absolute Gasteiger partial charge is 0.324 e. The molecule has 2 aromatic rings. The predicted molar refractivity (Wildman–Crippen MR) is 84.8 cm³/mol. The molecule has 2 rings (SSSR count). The number of aliphatic carboxylic acids is 1. The third-order valence-corrected chi connectivity index (χ3v) is 5.07. The van der Waals surface area contributed by atoms with E-state index >= 15 is 0 Å². The van der Waals surface area contributed by atoms with Gasteiger partial charge in [-0.1, -0.05) is 35.9 Å². The summed E-state index contributed by atoms with van der Waals surface area (Å²) in [5, 5.41) is 9.24. The lowest BCUT2D eigenvalue weighted by Gasteiger charge is -2.24. The molecule has 0 radical (unpaired) electrons. The average Bonchev–Trinajstić information content (AvgIpc) is 2.48. The second-order valence-electron chi connectivity index (χ2n) is 4.67. The fourth-order valence-corrected chi connectivity index (χ4v) is 3.67. The van der Waals surface area contributed by atoms with Gasteiger partial charge in [0.15, 0.2) is 0 Å². The van der Waals surface area contributed by atoms with Crippen LogP contribution in [0.3, 0.4) is 0 Å². The van der Waals surface area contributed by atoms with Crippen molar-refractivity contribution in [2.45, 2.75) is 11.8 Å². The van der Waals surface area contributed by atoms with Crippen LogP contribution in [-0.2, 0) is 14.8 Å². The molecule has 0 atom stereocenters. The van der Waals surface area contributed by atoms with E-state index in [1.54, 1.807) is 43.3 Å². The number of aryl methyl sites for hydroxylation is 1. The van der Waals surface area contributed by atoms with E-state index in [0.29, 0.717) is 0 Å². The van der Waals surface area contributed by atoms with Crippen molar-refractivity contribution in [2.75, 3.05) is 10.8 Å². The number of anilines is 1. The minimum absolute atomic E-state index is 0.00817. The highest BCUT2D eigenvalue weighted by atomic mass is 35.5. The molecule has 0 aliphatic carbocycles. The van der Waals surface area contributed by atoms with E-state index in [0.717, 1.165) is 9.87 Å². The van der Waals surface area contributed by atoms with Gasteiger partial charge in [-0.15, -0.1) is 0 Å². The number of hydrogen-bond acceptors (Lipinski definition) is 3. The van der Waals surface area contributed by atoms with Gasteiger partial charge in [-0.3, -0.25) is 9.10 Å². The number of hydrogen-bond donors (Lipinski definition) is 1. The monoisotopic (exact) mass is 339 g/mol. The molecule has 2 aromatic carbocycles. The van der Waals surface area contributed by atoms with Gasteiger partial charge in [0, 0.05) is 0 Å². The van der Waals surface area contributed by atoms with Crippen LogP contribution in [0.2, 0.25) is 5.02 Å². The van der Waals surface area contributed by atoms with Gasteiger partial charge in [-0.2, -0.15) is 0 Å². The van der Waals surface area contributed by atoms with Crippen LogP contribution in [-0.4, -0.2) is 26.0 Å². The summed E-state index contributed by atoms with van der Waals surface area (Å²) in [6.45, 7) is 1.06. The maximum atomic E-state index is 12.7. The zero-order valence-corrected chi connectivity index (χ0v) is 13.3. The fraction of sp³-hybridized carbons (Fsp3) is 0.133. The second kappa shape index (κ2) is 6.37. The van der Waals surface area contributed by atoms with E-state index in [1.165, 1.54) is 12.1 Å². The van der Waals surface area contributed by atoms with Crippen molar-refractivity contribution >= 4 is 33.3 Å². The Balaban J connectivity index is 2.60. The molecule has 0 spiro atoms. The van der Waals surface area contributed by atoms with E-state index in [2.05, 4.69) is 0 Å². The summed E-state index contributed by atoms with van der Waals surface area (Å²) in [5.41, 5.74) is 0.922. The average molecular weight is 340 g/mol. The molecule has 0 amide bonds. The summed E-state index contributed by atoms with van der Waals surface area (Å²) in [5.74, 6) is -1.27. The van der Waals surface area contributed by atoms with Gasteiger partial charge in [0.1, 0.15) is 6.54 Å². The van der Waals surface area contributed by atoms with Crippen molar-refractivity contribution in [1.82, 2.24) is 0 Å². The van der Waals surface area contributed by atoms with Crippen LogP contribution in [0.4, 0.5) is 5.69 Å². The van der Waals surface area contributed by atoms with Gasteiger partial charge in [0.05, 0.1) is 15.6 Å². The number of benzene rings is 2. The zero-order valence-electron chi connectivity index (χ0n) is 11.7. The summed E-state index contributed by atoms with van der Waals surface area (Å²) in [7, 11) is -4.02. The van der Waals surface area contributed by atoms with E-state index in [-0.39, 0.29) is 15.6 Å². The molecule has 5 nitrogen and oxygen atoms in total. The van der Waals surface area contributed by atoms with Crippen molar-refractivity contribution in [3.05, 3.63) is 59.1 Å². The SMILES string of the molecule is Cc1ccc(Cl)c(N(CC(=O)O)S(=O)(=O)c2ccccc2)c1. The van der Waals surface area contributed by atoms with Crippen LogP contribution < -0.4 is 4.31 Å². The molecule has 0 aliphatic heterocycles. The Morgan fingerprint density at radius 1 is 1.18 bits per heavy atom.